The summed E-state index contributed by atoms with van der Waals surface area (Å²) in [5.74, 6) is -0.845. The molecule has 2 atom stereocenters. The first-order valence-electron chi connectivity index (χ1n) is 8.05. The lowest BCUT2D eigenvalue weighted by atomic mass is 10.00. The van der Waals surface area contributed by atoms with E-state index in [0.29, 0.717) is 32.1 Å². The Morgan fingerprint density at radius 3 is 2.96 bits per heavy atom. The Morgan fingerprint density at radius 1 is 1.43 bits per heavy atom. The number of ether oxygens (including phenoxy) is 1. The maximum absolute atomic E-state index is 11.6. The van der Waals surface area contributed by atoms with Gasteiger partial charge in [0.05, 0.1) is 13.2 Å². The van der Waals surface area contributed by atoms with Crippen molar-refractivity contribution in [3.63, 3.8) is 0 Å². The topological polar surface area (TPSA) is 89.8 Å². The zero-order chi connectivity index (χ0) is 16.0. The molecule has 2 saturated heterocycles. The maximum atomic E-state index is 11.6. The van der Waals surface area contributed by atoms with Gasteiger partial charge in [0.15, 0.2) is 0 Å². The van der Waals surface area contributed by atoms with E-state index in [4.69, 9.17) is 4.74 Å². The van der Waals surface area contributed by atoms with E-state index in [-0.39, 0.29) is 5.91 Å². The van der Waals surface area contributed by atoms with Crippen LogP contribution in [-0.4, -0.2) is 77.7 Å². The summed E-state index contributed by atoms with van der Waals surface area (Å²) in [6, 6.07) is -0.449. The standard InChI is InChI=1S/C15H21N5O3/c1-10(21)18-14-12-11-3-2-4-20(11)15(22,13(12)16-9-17-14)19-5-7-23-8-6-19/h9,13,22H,2-8H2,1H3,(H,16,17,18,21). The van der Waals surface area contributed by atoms with Gasteiger partial charge in [-0.1, -0.05) is 0 Å². The lowest BCUT2D eigenvalue weighted by Crippen LogP contribution is -2.65. The summed E-state index contributed by atoms with van der Waals surface area (Å²) in [5.41, 5.74) is 1.91. The van der Waals surface area contributed by atoms with Crippen LogP contribution in [-0.2, 0) is 9.53 Å². The molecule has 0 aliphatic carbocycles. The molecular weight excluding hydrogens is 298 g/mol. The molecule has 4 heterocycles. The molecule has 0 spiro atoms. The van der Waals surface area contributed by atoms with Crippen molar-refractivity contribution in [3.05, 3.63) is 11.3 Å². The summed E-state index contributed by atoms with van der Waals surface area (Å²) >= 11 is 0. The molecule has 0 aromatic heterocycles. The van der Waals surface area contributed by atoms with E-state index < -0.39 is 11.9 Å². The Balaban J connectivity index is 1.75. The van der Waals surface area contributed by atoms with Crippen molar-refractivity contribution in [2.45, 2.75) is 31.7 Å². The van der Waals surface area contributed by atoms with Crippen molar-refractivity contribution in [2.24, 2.45) is 9.98 Å². The summed E-state index contributed by atoms with van der Waals surface area (Å²) in [4.78, 5) is 24.3. The van der Waals surface area contributed by atoms with Gasteiger partial charge in [0.25, 0.3) is 0 Å². The molecule has 23 heavy (non-hydrogen) atoms. The van der Waals surface area contributed by atoms with Crippen LogP contribution in [0.15, 0.2) is 21.3 Å². The molecule has 8 heteroatoms. The highest BCUT2D eigenvalue weighted by Gasteiger charge is 2.58. The molecule has 4 aliphatic heterocycles. The van der Waals surface area contributed by atoms with Crippen LogP contribution in [0, 0.1) is 0 Å². The first-order chi connectivity index (χ1) is 11.1. The Bertz CT molecular complexity index is 623. The summed E-state index contributed by atoms with van der Waals surface area (Å²) < 4.78 is 5.42. The Kier molecular flexibility index (Phi) is 3.47. The van der Waals surface area contributed by atoms with Crippen LogP contribution in [0.5, 0.6) is 0 Å². The first kappa shape index (κ1) is 14.8. The first-order valence-corrected chi connectivity index (χ1v) is 8.05. The molecule has 124 valence electrons. The molecule has 2 N–H and O–H groups in total. The highest BCUT2D eigenvalue weighted by Crippen LogP contribution is 2.46. The number of carbonyl (C=O) groups excluding carboxylic acids is 1. The predicted octanol–water partition coefficient (Wildman–Crippen LogP) is -0.727. The number of nitrogens with zero attached hydrogens (tertiary/aromatic N) is 4. The van der Waals surface area contributed by atoms with Crippen molar-refractivity contribution >= 4 is 18.1 Å². The van der Waals surface area contributed by atoms with Gasteiger partial charge in [0.2, 0.25) is 11.8 Å². The van der Waals surface area contributed by atoms with Crippen molar-refractivity contribution in [3.8, 4) is 0 Å². The Hall–Kier alpha value is -1.77. The highest BCUT2D eigenvalue weighted by molar-refractivity contribution is 6.12. The second-order valence-electron chi connectivity index (χ2n) is 6.23. The fraction of sp³-hybridized carbons (Fsp3) is 0.667. The zero-order valence-corrected chi connectivity index (χ0v) is 13.2. The van der Waals surface area contributed by atoms with Gasteiger partial charge in [0.1, 0.15) is 18.2 Å². The molecule has 1 amide bonds. The van der Waals surface area contributed by atoms with Gasteiger partial charge in [-0.2, -0.15) is 0 Å². The van der Waals surface area contributed by atoms with E-state index in [2.05, 4.69) is 15.3 Å². The number of hydrogen-bond acceptors (Lipinski definition) is 7. The fourth-order valence-electron chi connectivity index (χ4n) is 3.99. The third-order valence-electron chi connectivity index (χ3n) is 4.90. The number of amidine groups is 1. The van der Waals surface area contributed by atoms with Crippen LogP contribution in [0.2, 0.25) is 0 Å². The smallest absolute Gasteiger partial charge is 0.225 e. The largest absolute Gasteiger partial charge is 0.379 e. The molecule has 0 radical (unpaired) electrons. The van der Waals surface area contributed by atoms with E-state index in [1.165, 1.54) is 13.3 Å². The number of allylic oxidation sites excluding steroid dienone is 1. The number of carbonyl (C=O) groups is 1. The van der Waals surface area contributed by atoms with Crippen molar-refractivity contribution in [1.82, 2.24) is 15.1 Å². The van der Waals surface area contributed by atoms with Crippen molar-refractivity contribution in [2.75, 3.05) is 32.8 Å². The Morgan fingerprint density at radius 2 is 2.22 bits per heavy atom. The van der Waals surface area contributed by atoms with Crippen LogP contribution in [0.1, 0.15) is 19.8 Å². The number of rotatable bonds is 1. The second kappa shape index (κ2) is 5.40. The number of aliphatic imine (C=N–C) groups is 2. The summed E-state index contributed by atoms with van der Waals surface area (Å²) in [5, 5.41) is 14.4. The number of fused-ring (bicyclic) bond motifs is 2. The molecule has 2 fully saturated rings. The molecular formula is C15H21N5O3. The number of hydrogen-bond donors (Lipinski definition) is 2. The van der Waals surface area contributed by atoms with Gasteiger partial charge in [-0.3, -0.25) is 14.7 Å². The van der Waals surface area contributed by atoms with E-state index in [0.717, 1.165) is 30.7 Å². The minimum Gasteiger partial charge on any atom is -0.379 e. The molecule has 2 unspecified atom stereocenters. The summed E-state index contributed by atoms with van der Waals surface area (Å²) in [6.45, 7) is 4.77. The lowest BCUT2D eigenvalue weighted by Gasteiger charge is -2.47. The van der Waals surface area contributed by atoms with Gasteiger partial charge in [-0.05, 0) is 12.8 Å². The fourth-order valence-corrected chi connectivity index (χ4v) is 3.99. The number of aliphatic hydroxyl groups is 1. The minimum atomic E-state index is -1.19. The number of amides is 1. The van der Waals surface area contributed by atoms with E-state index in [1.54, 1.807) is 0 Å². The SMILES string of the molecule is CC(=O)NC1=NC=NC2C1=C1CCCN1C2(O)N1CCOCC1. The van der Waals surface area contributed by atoms with Gasteiger partial charge < -0.3 is 20.1 Å². The van der Waals surface area contributed by atoms with Crippen molar-refractivity contribution in [1.29, 1.82) is 0 Å². The monoisotopic (exact) mass is 319 g/mol. The van der Waals surface area contributed by atoms with Crippen LogP contribution >= 0.6 is 0 Å². The van der Waals surface area contributed by atoms with E-state index in [9.17, 15) is 9.90 Å². The van der Waals surface area contributed by atoms with Gasteiger partial charge in [-0.15, -0.1) is 0 Å². The average Bonchev–Trinajstić information content (AvgIpc) is 3.11. The molecule has 0 aromatic rings. The predicted molar refractivity (Wildman–Crippen MR) is 83.8 cm³/mol. The van der Waals surface area contributed by atoms with Crippen LogP contribution in [0.4, 0.5) is 0 Å². The highest BCUT2D eigenvalue weighted by atomic mass is 16.5. The third kappa shape index (κ3) is 2.13. The molecule has 0 saturated carbocycles. The average molecular weight is 319 g/mol. The van der Waals surface area contributed by atoms with Crippen molar-refractivity contribution < 1.29 is 14.6 Å². The number of nitrogens with one attached hydrogen (secondary N) is 1. The maximum Gasteiger partial charge on any atom is 0.225 e. The quantitative estimate of drug-likeness (QED) is 0.665. The molecule has 4 rings (SSSR count). The van der Waals surface area contributed by atoms with E-state index in [1.807, 2.05) is 9.80 Å². The molecule has 0 aromatic carbocycles. The second-order valence-corrected chi connectivity index (χ2v) is 6.23. The molecule has 0 bridgehead atoms. The number of morpholine rings is 1. The van der Waals surface area contributed by atoms with Gasteiger partial charge >= 0.3 is 0 Å². The minimum absolute atomic E-state index is 0.169. The lowest BCUT2D eigenvalue weighted by molar-refractivity contribution is -0.214. The van der Waals surface area contributed by atoms with Crippen LogP contribution in [0.3, 0.4) is 0 Å². The summed E-state index contributed by atoms with van der Waals surface area (Å²) in [6.07, 6.45) is 3.29. The summed E-state index contributed by atoms with van der Waals surface area (Å²) in [7, 11) is 0. The van der Waals surface area contributed by atoms with E-state index >= 15 is 0 Å². The normalized spacial score (nSPS) is 33.6. The van der Waals surface area contributed by atoms with Gasteiger partial charge in [0, 0.05) is 37.8 Å². The van der Waals surface area contributed by atoms with Crippen LogP contribution in [0.25, 0.3) is 0 Å². The zero-order valence-electron chi connectivity index (χ0n) is 13.2. The van der Waals surface area contributed by atoms with Crippen LogP contribution < -0.4 is 5.32 Å². The van der Waals surface area contributed by atoms with Gasteiger partial charge in [-0.25, -0.2) is 4.99 Å². The third-order valence-corrected chi connectivity index (χ3v) is 4.90. The Labute approximate surface area is 134 Å². The molecule has 4 aliphatic rings. The molecule has 8 nitrogen and oxygen atoms in total.